The number of halogens is 2. The molecule has 0 aliphatic carbocycles. The normalized spacial score (nSPS) is 12.3. The Kier molecular flexibility index (Phi) is 7.54. The summed E-state index contributed by atoms with van der Waals surface area (Å²) in [5.41, 5.74) is 4.26. The third-order valence-electron chi connectivity index (χ3n) is 3.71. The molecule has 8 nitrogen and oxygen atoms in total. The summed E-state index contributed by atoms with van der Waals surface area (Å²) >= 11 is 5.74. The van der Waals surface area contributed by atoms with E-state index in [1.165, 1.54) is 62.5 Å². The number of nitrogens with one attached hydrogen (secondary N) is 2. The van der Waals surface area contributed by atoms with Crippen LogP contribution < -0.4 is 15.6 Å². The van der Waals surface area contributed by atoms with Gasteiger partial charge >= 0.3 is 0 Å². The molecule has 0 bridgehead atoms. The minimum absolute atomic E-state index is 0.0254. The van der Waals surface area contributed by atoms with Gasteiger partial charge in [0.2, 0.25) is 10.0 Å². The second kappa shape index (κ2) is 9.68. The number of amides is 2. The fraction of sp³-hybridized carbons (Fsp3) is 0.222. The van der Waals surface area contributed by atoms with Crippen LogP contribution in [0.15, 0.2) is 53.4 Å². The highest BCUT2D eigenvalue weighted by Gasteiger charge is 2.23. The Morgan fingerprint density at radius 1 is 1.10 bits per heavy atom. The molecule has 11 heteroatoms. The van der Waals surface area contributed by atoms with Crippen molar-refractivity contribution in [2.24, 2.45) is 0 Å². The highest BCUT2D eigenvalue weighted by atomic mass is 35.5. The summed E-state index contributed by atoms with van der Waals surface area (Å²) in [7, 11) is -2.68. The van der Waals surface area contributed by atoms with Crippen LogP contribution in [0.2, 0.25) is 5.02 Å². The molecule has 0 heterocycles. The van der Waals surface area contributed by atoms with E-state index in [-0.39, 0.29) is 10.6 Å². The molecular formula is C18H19ClFN3O5S. The monoisotopic (exact) mass is 443 g/mol. The van der Waals surface area contributed by atoms with Crippen LogP contribution in [0.25, 0.3) is 0 Å². The second-order valence-electron chi connectivity index (χ2n) is 5.97. The summed E-state index contributed by atoms with van der Waals surface area (Å²) in [6.07, 6.45) is -0.990. The number of hydrazine groups is 1. The summed E-state index contributed by atoms with van der Waals surface area (Å²) in [4.78, 5) is 23.9. The number of rotatable bonds is 7. The van der Waals surface area contributed by atoms with Gasteiger partial charge in [-0.05, 0) is 55.5 Å². The van der Waals surface area contributed by atoms with Crippen molar-refractivity contribution in [1.82, 2.24) is 15.2 Å². The van der Waals surface area contributed by atoms with Crippen molar-refractivity contribution in [3.63, 3.8) is 0 Å². The zero-order valence-electron chi connectivity index (χ0n) is 15.6. The van der Waals surface area contributed by atoms with Crippen LogP contribution in [0.1, 0.15) is 6.92 Å². The average Bonchev–Trinajstić information content (AvgIpc) is 2.68. The maximum atomic E-state index is 12.9. The molecule has 0 spiro atoms. The first-order valence-corrected chi connectivity index (χ1v) is 10.1. The number of nitrogens with zero attached hydrogens (tertiary/aromatic N) is 1. The summed E-state index contributed by atoms with van der Waals surface area (Å²) in [6.45, 7) is 0.903. The van der Waals surface area contributed by atoms with E-state index >= 15 is 0 Å². The summed E-state index contributed by atoms with van der Waals surface area (Å²) in [5, 5.41) is 0.379. The smallest absolute Gasteiger partial charge is 0.279 e. The molecule has 0 saturated carbocycles. The first-order valence-electron chi connectivity index (χ1n) is 8.32. The van der Waals surface area contributed by atoms with Gasteiger partial charge in [0.1, 0.15) is 11.6 Å². The second-order valence-corrected chi connectivity index (χ2v) is 8.45. The van der Waals surface area contributed by atoms with Gasteiger partial charge < -0.3 is 4.74 Å². The standard InChI is InChI=1S/C18H19ClFN3O5S/c1-12(28-15-7-5-14(20)6-8-15)18(25)22-21-17(24)11-23(2)29(26,27)16-9-3-13(19)4-10-16/h3-10,12H,11H2,1-2H3,(H,21,24)(H,22,25)/t12-/m1/s1. The Labute approximate surface area is 172 Å². The molecule has 0 aliphatic rings. The Balaban J connectivity index is 1.85. The molecule has 0 aliphatic heterocycles. The molecule has 0 aromatic heterocycles. The van der Waals surface area contributed by atoms with Gasteiger partial charge in [-0.2, -0.15) is 4.31 Å². The minimum atomic E-state index is -3.90. The van der Waals surface area contributed by atoms with Crippen LogP contribution in [0.4, 0.5) is 4.39 Å². The van der Waals surface area contributed by atoms with E-state index < -0.39 is 40.3 Å². The van der Waals surface area contributed by atoms with Gasteiger partial charge in [0, 0.05) is 12.1 Å². The Bertz CT molecular complexity index is 968. The lowest BCUT2D eigenvalue weighted by Gasteiger charge is -2.18. The molecule has 29 heavy (non-hydrogen) atoms. The van der Waals surface area contributed by atoms with E-state index in [1.54, 1.807) is 0 Å². The predicted octanol–water partition coefficient (Wildman–Crippen LogP) is 1.71. The lowest BCUT2D eigenvalue weighted by molar-refractivity contribution is -0.132. The maximum Gasteiger partial charge on any atom is 0.279 e. The molecular weight excluding hydrogens is 425 g/mol. The van der Waals surface area contributed by atoms with Gasteiger partial charge in [-0.3, -0.25) is 20.4 Å². The third-order valence-corrected chi connectivity index (χ3v) is 5.78. The quantitative estimate of drug-likeness (QED) is 0.634. The van der Waals surface area contributed by atoms with Gasteiger partial charge in [-0.1, -0.05) is 11.6 Å². The number of carbonyl (C=O) groups excluding carboxylic acids is 2. The zero-order valence-corrected chi connectivity index (χ0v) is 17.1. The lowest BCUT2D eigenvalue weighted by Crippen LogP contribution is -2.50. The van der Waals surface area contributed by atoms with E-state index in [0.717, 1.165) is 4.31 Å². The van der Waals surface area contributed by atoms with Crippen molar-refractivity contribution in [2.75, 3.05) is 13.6 Å². The Morgan fingerprint density at radius 2 is 1.69 bits per heavy atom. The zero-order chi connectivity index (χ0) is 21.6. The fourth-order valence-corrected chi connectivity index (χ4v) is 3.37. The molecule has 156 valence electrons. The highest BCUT2D eigenvalue weighted by molar-refractivity contribution is 7.89. The number of benzene rings is 2. The van der Waals surface area contributed by atoms with Crippen molar-refractivity contribution in [3.8, 4) is 5.75 Å². The molecule has 2 aromatic rings. The van der Waals surface area contributed by atoms with Crippen LogP contribution in [-0.4, -0.2) is 44.2 Å². The first kappa shape index (κ1) is 22.6. The Hall–Kier alpha value is -2.69. The van der Waals surface area contributed by atoms with Crippen LogP contribution in [0.3, 0.4) is 0 Å². The molecule has 2 rings (SSSR count). The van der Waals surface area contributed by atoms with Crippen molar-refractivity contribution < 1.29 is 27.1 Å². The third kappa shape index (κ3) is 6.41. The van der Waals surface area contributed by atoms with Gasteiger partial charge in [-0.15, -0.1) is 0 Å². The summed E-state index contributed by atoms with van der Waals surface area (Å²) in [5.74, 6) is -1.60. The SMILES string of the molecule is C[C@@H](Oc1ccc(F)cc1)C(=O)NNC(=O)CN(C)S(=O)(=O)c1ccc(Cl)cc1. The van der Waals surface area contributed by atoms with Crippen molar-refractivity contribution in [3.05, 3.63) is 59.4 Å². The molecule has 0 fully saturated rings. The lowest BCUT2D eigenvalue weighted by atomic mass is 10.3. The highest BCUT2D eigenvalue weighted by Crippen LogP contribution is 2.17. The first-order chi connectivity index (χ1) is 13.6. The van der Waals surface area contributed by atoms with Gasteiger partial charge in [0.05, 0.1) is 11.4 Å². The van der Waals surface area contributed by atoms with Gasteiger partial charge in [-0.25, -0.2) is 12.8 Å². The molecule has 0 radical (unpaired) electrons. The van der Waals surface area contributed by atoms with E-state index in [2.05, 4.69) is 10.9 Å². The number of likely N-dealkylation sites (N-methyl/N-ethyl adjacent to an activating group) is 1. The van der Waals surface area contributed by atoms with Crippen LogP contribution in [0.5, 0.6) is 5.75 Å². The molecule has 2 N–H and O–H groups in total. The van der Waals surface area contributed by atoms with E-state index in [0.29, 0.717) is 5.02 Å². The largest absolute Gasteiger partial charge is 0.481 e. The molecule has 0 unspecified atom stereocenters. The molecule has 0 saturated heterocycles. The van der Waals surface area contributed by atoms with E-state index in [4.69, 9.17) is 16.3 Å². The topological polar surface area (TPSA) is 105 Å². The number of hydrogen-bond donors (Lipinski definition) is 2. The summed E-state index contributed by atoms with van der Waals surface area (Å²) in [6, 6.07) is 10.6. The van der Waals surface area contributed by atoms with Crippen molar-refractivity contribution in [1.29, 1.82) is 0 Å². The number of hydrogen-bond acceptors (Lipinski definition) is 5. The van der Waals surface area contributed by atoms with Crippen molar-refractivity contribution in [2.45, 2.75) is 17.9 Å². The minimum Gasteiger partial charge on any atom is -0.481 e. The number of sulfonamides is 1. The van der Waals surface area contributed by atoms with Gasteiger partial charge in [0.25, 0.3) is 11.8 Å². The van der Waals surface area contributed by atoms with E-state index in [9.17, 15) is 22.4 Å². The summed E-state index contributed by atoms with van der Waals surface area (Å²) < 4.78 is 43.9. The van der Waals surface area contributed by atoms with Gasteiger partial charge in [0.15, 0.2) is 6.10 Å². The average molecular weight is 444 g/mol. The van der Waals surface area contributed by atoms with Crippen LogP contribution in [0, 0.1) is 5.82 Å². The predicted molar refractivity (Wildman–Crippen MR) is 104 cm³/mol. The maximum absolute atomic E-state index is 12.9. The molecule has 1 atom stereocenters. The van der Waals surface area contributed by atoms with E-state index in [1.807, 2.05) is 0 Å². The molecule has 2 aromatic carbocycles. The molecule has 2 amide bonds. The van der Waals surface area contributed by atoms with Crippen LogP contribution in [-0.2, 0) is 19.6 Å². The Morgan fingerprint density at radius 3 is 2.28 bits per heavy atom. The number of ether oxygens (including phenoxy) is 1. The van der Waals surface area contributed by atoms with Crippen LogP contribution >= 0.6 is 11.6 Å². The van der Waals surface area contributed by atoms with Crippen molar-refractivity contribution >= 4 is 33.4 Å². The fourth-order valence-electron chi connectivity index (χ4n) is 2.12. The number of carbonyl (C=O) groups is 2.